The highest BCUT2D eigenvalue weighted by Gasteiger charge is 2.33. The van der Waals surface area contributed by atoms with Crippen LogP contribution in [-0.4, -0.2) is 27.6 Å². The van der Waals surface area contributed by atoms with E-state index in [4.69, 9.17) is 0 Å². The van der Waals surface area contributed by atoms with E-state index in [1.54, 1.807) is 30.3 Å². The zero-order valence-electron chi connectivity index (χ0n) is 14.8. The van der Waals surface area contributed by atoms with Crippen LogP contribution >= 0.6 is 0 Å². The minimum Gasteiger partial charge on any atom is -0.206 e. The van der Waals surface area contributed by atoms with Crippen molar-refractivity contribution in [3.05, 3.63) is 60.2 Å². The monoisotopic (exact) mass is 381 g/mol. The summed E-state index contributed by atoms with van der Waals surface area (Å²) < 4.78 is 51.0. The number of benzene rings is 2. The van der Waals surface area contributed by atoms with E-state index in [-0.39, 0.29) is 15.2 Å². The van der Waals surface area contributed by atoms with Crippen LogP contribution < -0.4 is 0 Å². The summed E-state index contributed by atoms with van der Waals surface area (Å²) in [5.74, 6) is 0. The number of hydrogen-bond acceptors (Lipinski definition) is 4. The van der Waals surface area contributed by atoms with Crippen molar-refractivity contribution < 1.29 is 16.8 Å². The zero-order valence-corrected chi connectivity index (χ0v) is 16.4. The maximum atomic E-state index is 12.7. The van der Waals surface area contributed by atoms with Gasteiger partial charge in [-0.05, 0) is 41.7 Å². The van der Waals surface area contributed by atoms with Gasteiger partial charge in [0.2, 0.25) is 0 Å². The smallest absolute Gasteiger partial charge is 0.206 e. The summed E-state index contributed by atoms with van der Waals surface area (Å²) in [7, 11) is -7.25. The van der Waals surface area contributed by atoms with Crippen molar-refractivity contribution in [3.8, 4) is 0 Å². The standard InChI is InChI=1S/C18H23NO4S2/c1-5-18(2,3)15-11-13-17(14-12-15)25(22,23)19(4)24(20,21)16-9-7-6-8-10-16/h6-14H,5H2,1-4H3. The predicted molar refractivity (Wildman–Crippen MR) is 98.3 cm³/mol. The molecule has 2 aromatic carbocycles. The van der Waals surface area contributed by atoms with Crippen LogP contribution in [0.15, 0.2) is 64.4 Å². The van der Waals surface area contributed by atoms with E-state index in [1.807, 2.05) is 0 Å². The van der Waals surface area contributed by atoms with Gasteiger partial charge in [-0.25, -0.2) is 16.8 Å². The van der Waals surface area contributed by atoms with E-state index in [9.17, 15) is 16.8 Å². The third kappa shape index (κ3) is 3.78. The van der Waals surface area contributed by atoms with Crippen molar-refractivity contribution in [2.45, 2.75) is 42.4 Å². The van der Waals surface area contributed by atoms with Crippen molar-refractivity contribution in [2.24, 2.45) is 0 Å². The lowest BCUT2D eigenvalue weighted by molar-refractivity contribution is 0.505. The molecule has 0 atom stereocenters. The molecular formula is C18H23NO4S2. The average Bonchev–Trinajstić information content (AvgIpc) is 2.61. The first kappa shape index (κ1) is 19.6. The SMILES string of the molecule is CCC(C)(C)c1ccc(S(=O)(=O)N(C)S(=O)(=O)c2ccccc2)cc1. The third-order valence-electron chi connectivity index (χ3n) is 4.54. The molecule has 2 rings (SSSR count). The van der Waals surface area contributed by atoms with Gasteiger partial charge in [-0.3, -0.25) is 0 Å². The molecule has 0 fully saturated rings. The first-order valence-corrected chi connectivity index (χ1v) is 10.8. The summed E-state index contributed by atoms with van der Waals surface area (Å²) in [4.78, 5) is -0.116. The highest BCUT2D eigenvalue weighted by Crippen LogP contribution is 2.29. The molecule has 136 valence electrons. The lowest BCUT2D eigenvalue weighted by Gasteiger charge is -2.24. The molecule has 0 amide bonds. The maximum absolute atomic E-state index is 12.7. The van der Waals surface area contributed by atoms with Gasteiger partial charge in [0.25, 0.3) is 20.0 Å². The lowest BCUT2D eigenvalue weighted by atomic mass is 9.82. The number of sulfonamides is 2. The number of rotatable bonds is 6. The molecule has 0 aromatic heterocycles. The van der Waals surface area contributed by atoms with Crippen molar-refractivity contribution in [1.29, 1.82) is 0 Å². The Hall–Kier alpha value is -1.70. The minimum atomic E-state index is -4.17. The Bertz CT molecular complexity index is 932. The second kappa shape index (κ2) is 6.90. The minimum absolute atomic E-state index is 0.0508. The van der Waals surface area contributed by atoms with Gasteiger partial charge >= 0.3 is 0 Å². The molecule has 2 aromatic rings. The normalized spacial score (nSPS) is 13.2. The molecule has 0 spiro atoms. The number of nitrogens with zero attached hydrogens (tertiary/aromatic N) is 1. The van der Waals surface area contributed by atoms with Crippen molar-refractivity contribution in [2.75, 3.05) is 7.05 Å². The molecule has 5 nitrogen and oxygen atoms in total. The van der Waals surface area contributed by atoms with Crippen molar-refractivity contribution in [1.82, 2.24) is 3.71 Å². The average molecular weight is 382 g/mol. The quantitative estimate of drug-likeness (QED) is 0.769. The van der Waals surface area contributed by atoms with Gasteiger partial charge in [-0.15, -0.1) is 0 Å². The highest BCUT2D eigenvalue weighted by atomic mass is 32.3. The predicted octanol–water partition coefficient (Wildman–Crippen LogP) is 3.38. The number of hydrogen-bond donors (Lipinski definition) is 0. The molecular weight excluding hydrogens is 358 g/mol. The first-order valence-electron chi connectivity index (χ1n) is 7.93. The fourth-order valence-corrected chi connectivity index (χ4v) is 5.43. The van der Waals surface area contributed by atoms with Gasteiger partial charge in [0.15, 0.2) is 0 Å². The van der Waals surface area contributed by atoms with Crippen LogP contribution in [0.25, 0.3) is 0 Å². The van der Waals surface area contributed by atoms with E-state index in [2.05, 4.69) is 20.8 Å². The zero-order chi connectivity index (χ0) is 18.9. The van der Waals surface area contributed by atoms with E-state index < -0.39 is 20.0 Å². The molecule has 0 N–H and O–H groups in total. The summed E-state index contributed by atoms with van der Waals surface area (Å²) in [5.41, 5.74) is 0.923. The molecule has 0 unspecified atom stereocenters. The van der Waals surface area contributed by atoms with E-state index in [0.29, 0.717) is 3.71 Å². The van der Waals surface area contributed by atoms with Gasteiger partial charge in [0.05, 0.1) is 9.79 Å². The van der Waals surface area contributed by atoms with Crippen LogP contribution in [0, 0.1) is 0 Å². The molecule has 0 saturated carbocycles. The fraction of sp³-hybridized carbons (Fsp3) is 0.333. The summed E-state index contributed by atoms with van der Waals surface area (Å²) in [6.07, 6.45) is 0.904. The lowest BCUT2D eigenvalue weighted by Crippen LogP contribution is -2.33. The summed E-state index contributed by atoms with van der Waals surface area (Å²) in [6, 6.07) is 13.9. The maximum Gasteiger partial charge on any atom is 0.256 e. The van der Waals surface area contributed by atoms with E-state index in [0.717, 1.165) is 19.0 Å². The molecule has 0 aliphatic heterocycles. The second-order valence-corrected chi connectivity index (χ2v) is 10.6. The van der Waals surface area contributed by atoms with Crippen LogP contribution in [0.5, 0.6) is 0 Å². The van der Waals surface area contributed by atoms with Gasteiger partial charge in [0, 0.05) is 7.05 Å². The molecule has 25 heavy (non-hydrogen) atoms. The van der Waals surface area contributed by atoms with Crippen molar-refractivity contribution in [3.63, 3.8) is 0 Å². The Labute approximate surface area is 150 Å². The van der Waals surface area contributed by atoms with Crippen LogP contribution in [0.2, 0.25) is 0 Å². The van der Waals surface area contributed by atoms with Crippen LogP contribution in [0.3, 0.4) is 0 Å². The van der Waals surface area contributed by atoms with Crippen LogP contribution in [0.4, 0.5) is 0 Å². The molecule has 0 saturated heterocycles. The second-order valence-electron chi connectivity index (χ2n) is 6.46. The Kier molecular flexibility index (Phi) is 5.41. The molecule has 0 aliphatic carbocycles. The van der Waals surface area contributed by atoms with Gasteiger partial charge < -0.3 is 0 Å². The Balaban J connectivity index is 2.42. The van der Waals surface area contributed by atoms with Gasteiger partial charge in [-0.2, -0.15) is 0 Å². The summed E-state index contributed by atoms with van der Waals surface area (Å²) in [5, 5.41) is 0. The van der Waals surface area contributed by atoms with E-state index >= 15 is 0 Å². The van der Waals surface area contributed by atoms with E-state index in [1.165, 1.54) is 24.3 Å². The Morgan fingerprint density at radius 2 is 1.24 bits per heavy atom. The topological polar surface area (TPSA) is 71.5 Å². The molecule has 0 heterocycles. The van der Waals surface area contributed by atoms with Gasteiger partial charge in [-0.1, -0.05) is 54.8 Å². The summed E-state index contributed by atoms with van der Waals surface area (Å²) >= 11 is 0. The first-order chi connectivity index (χ1) is 11.5. The molecule has 0 bridgehead atoms. The summed E-state index contributed by atoms with van der Waals surface area (Å²) in [6.45, 7) is 6.20. The molecule has 0 radical (unpaired) electrons. The Morgan fingerprint density at radius 3 is 1.68 bits per heavy atom. The van der Waals surface area contributed by atoms with Crippen LogP contribution in [0.1, 0.15) is 32.8 Å². The Morgan fingerprint density at radius 1 is 0.800 bits per heavy atom. The largest absolute Gasteiger partial charge is 0.256 e. The molecule has 0 aliphatic rings. The van der Waals surface area contributed by atoms with Crippen LogP contribution in [-0.2, 0) is 25.5 Å². The fourth-order valence-electron chi connectivity index (χ4n) is 2.30. The third-order valence-corrected chi connectivity index (χ3v) is 8.80. The van der Waals surface area contributed by atoms with Gasteiger partial charge in [0.1, 0.15) is 0 Å². The van der Waals surface area contributed by atoms with Crippen molar-refractivity contribution >= 4 is 20.0 Å². The molecule has 7 heteroatoms. The highest BCUT2D eigenvalue weighted by molar-refractivity contribution is 8.04.